The predicted octanol–water partition coefficient (Wildman–Crippen LogP) is 6.02. The zero-order valence-electron chi connectivity index (χ0n) is 25.2. The van der Waals surface area contributed by atoms with Crippen LogP contribution in [0.3, 0.4) is 0 Å². The number of nitrogens with one attached hydrogen (secondary N) is 1. The summed E-state index contributed by atoms with van der Waals surface area (Å²) in [7, 11) is -3.74. The monoisotopic (exact) mass is 724 g/mol. The Morgan fingerprint density at radius 2 is 1.72 bits per heavy atom. The van der Waals surface area contributed by atoms with E-state index in [4.69, 9.17) is 11.6 Å². The van der Waals surface area contributed by atoms with E-state index in [1.165, 1.54) is 65.0 Å². The molecule has 0 saturated carbocycles. The van der Waals surface area contributed by atoms with Gasteiger partial charge >= 0.3 is 13.0 Å². The third kappa shape index (κ3) is 10.8. The van der Waals surface area contributed by atoms with Gasteiger partial charge in [-0.25, -0.2) is 13.4 Å². The van der Waals surface area contributed by atoms with Crippen LogP contribution in [0.25, 0.3) is 10.3 Å². The van der Waals surface area contributed by atoms with Crippen molar-refractivity contribution in [2.45, 2.75) is 45.2 Å². The van der Waals surface area contributed by atoms with Gasteiger partial charge in [-0.05, 0) is 60.0 Å². The van der Waals surface area contributed by atoms with E-state index in [9.17, 15) is 35.2 Å². The van der Waals surface area contributed by atoms with E-state index in [2.05, 4.69) is 29.7 Å². The van der Waals surface area contributed by atoms with Gasteiger partial charge < -0.3 is 19.7 Å². The number of aryl methyl sites for hydroxylation is 1. The Balaban J connectivity index is 0.000000284. The number of alkyl halides is 5. The van der Waals surface area contributed by atoms with E-state index in [1.54, 1.807) is 6.20 Å². The van der Waals surface area contributed by atoms with Gasteiger partial charge in [0, 0.05) is 32.7 Å². The summed E-state index contributed by atoms with van der Waals surface area (Å²) in [5.41, 5.74) is 1.58. The topological polar surface area (TPSA) is 127 Å². The lowest BCUT2D eigenvalue weighted by Crippen LogP contribution is -2.48. The van der Waals surface area contributed by atoms with Crippen molar-refractivity contribution >= 4 is 54.8 Å². The average Bonchev–Trinajstić information content (AvgIpc) is 3.45. The molecule has 1 N–H and O–H groups in total. The fourth-order valence-electron chi connectivity index (χ4n) is 4.12. The Bertz CT molecular complexity index is 1720. The van der Waals surface area contributed by atoms with Crippen LogP contribution in [0.15, 0.2) is 53.6 Å². The predicted molar refractivity (Wildman–Crippen MR) is 166 cm³/mol. The van der Waals surface area contributed by atoms with Gasteiger partial charge in [-0.15, -0.1) is 13.2 Å². The van der Waals surface area contributed by atoms with Gasteiger partial charge in [0.1, 0.15) is 11.5 Å². The number of amides is 1. The quantitative estimate of drug-likeness (QED) is 0.125. The lowest BCUT2D eigenvalue weighted by atomic mass is 10.1. The van der Waals surface area contributed by atoms with Crippen molar-refractivity contribution in [1.82, 2.24) is 24.6 Å². The van der Waals surface area contributed by atoms with Gasteiger partial charge in [-0.2, -0.15) is 23.1 Å². The maximum absolute atomic E-state index is 12.8. The molecule has 1 saturated heterocycles. The Hall–Kier alpha value is -3.87. The van der Waals surface area contributed by atoms with Crippen LogP contribution in [-0.4, -0.2) is 73.2 Å². The fraction of sp³-hybridized carbons (Fsp3) is 0.357. The minimum atomic E-state index is -4.69. The highest BCUT2D eigenvalue weighted by molar-refractivity contribution is 7.89. The molecule has 5 rings (SSSR count). The molecule has 0 unspecified atom stereocenters. The number of sulfonamides is 1. The fourth-order valence-corrected chi connectivity index (χ4v) is 6.60. The summed E-state index contributed by atoms with van der Waals surface area (Å²) < 4.78 is 96.1. The van der Waals surface area contributed by atoms with E-state index in [1.807, 2.05) is 18.7 Å². The van der Waals surface area contributed by atoms with Crippen LogP contribution in [-0.2, 0) is 21.4 Å². The Kier molecular flexibility index (Phi) is 13.4. The highest BCUT2D eigenvalue weighted by Gasteiger charge is 2.32. The molecule has 19 heteroatoms. The summed E-state index contributed by atoms with van der Waals surface area (Å²) >= 11 is 7.20. The SMILES string of the molecule is CC.Cc1cc(CNC=O)ccc1OC(F)(F)F.O=S(=O)(c1ccc(OC(F)F)cc1)N1CCN(c2nc3nc(Cl)ncc3s2)CC1. The number of rotatable bonds is 9. The van der Waals surface area contributed by atoms with Crippen LogP contribution in [0, 0.1) is 6.92 Å². The zero-order chi connectivity index (χ0) is 34.8. The smallest absolute Gasteiger partial charge is 0.435 e. The van der Waals surface area contributed by atoms with Crippen LogP contribution in [0.4, 0.5) is 27.1 Å². The highest BCUT2D eigenvalue weighted by Crippen LogP contribution is 2.30. The van der Waals surface area contributed by atoms with Gasteiger partial charge in [-0.3, -0.25) is 4.79 Å². The lowest BCUT2D eigenvalue weighted by Gasteiger charge is -2.33. The average molecular weight is 725 g/mol. The number of anilines is 1. The Morgan fingerprint density at radius 1 is 1.06 bits per heavy atom. The second kappa shape index (κ2) is 16.8. The molecule has 0 spiro atoms. The van der Waals surface area contributed by atoms with Gasteiger partial charge in [0.2, 0.25) is 21.7 Å². The van der Waals surface area contributed by atoms with E-state index >= 15 is 0 Å². The molecule has 4 aromatic rings. The van der Waals surface area contributed by atoms with Crippen LogP contribution >= 0.6 is 22.9 Å². The van der Waals surface area contributed by atoms with Crippen LogP contribution in [0.1, 0.15) is 25.0 Å². The maximum atomic E-state index is 12.8. The number of nitrogens with zero attached hydrogens (tertiary/aromatic N) is 5. The van der Waals surface area contributed by atoms with Crippen LogP contribution < -0.4 is 19.7 Å². The second-order valence-electron chi connectivity index (χ2n) is 9.21. The second-order valence-corrected chi connectivity index (χ2v) is 12.5. The van der Waals surface area contributed by atoms with Gasteiger partial charge in [-0.1, -0.05) is 37.3 Å². The summed E-state index contributed by atoms with van der Waals surface area (Å²) in [5, 5.41) is 3.26. The normalized spacial score (nSPS) is 13.7. The third-order valence-corrected chi connectivity index (χ3v) is 9.29. The molecule has 0 radical (unpaired) electrons. The molecule has 2 aromatic heterocycles. The number of ether oxygens (including phenoxy) is 2. The number of hydrogen-bond acceptors (Lipinski definition) is 10. The number of aromatic nitrogens is 3. The summed E-state index contributed by atoms with van der Waals surface area (Å²) in [5.74, 6) is -0.329. The number of halogens is 6. The molecule has 1 aliphatic heterocycles. The maximum Gasteiger partial charge on any atom is 0.573 e. The standard InChI is InChI=1S/C16H14ClF2N5O3S2.C10H10F3NO2.C2H6/c17-14-20-9-12-13(21-14)22-16(28-12)23-5-7-24(8-6-23)29(25,26)11-3-1-10(2-4-11)27-15(18)19;1-7-4-8(5-14-6-15)2-3-9(7)16-10(11,12)13;1-2/h1-4,9,15H,5-8H2;2-4,6H,5H2,1H3,(H,14,15);1-2H3. The first kappa shape index (κ1) is 37.6. The number of hydrogen-bond donors (Lipinski definition) is 1. The van der Waals surface area contributed by atoms with Gasteiger partial charge in [0.25, 0.3) is 0 Å². The van der Waals surface area contributed by atoms with Crippen molar-refractivity contribution in [3.63, 3.8) is 0 Å². The largest absolute Gasteiger partial charge is 0.573 e. The molecule has 1 aliphatic rings. The first-order chi connectivity index (χ1) is 22.2. The third-order valence-electron chi connectivity index (χ3n) is 6.16. The molecular formula is C28H30ClF5N6O5S2. The molecule has 1 amide bonds. The number of carbonyl (C=O) groups excluding carboxylic acids is 1. The van der Waals surface area contributed by atoms with E-state index in [-0.39, 0.29) is 41.3 Å². The first-order valence-corrected chi connectivity index (χ1v) is 16.5. The Labute approximate surface area is 276 Å². The summed E-state index contributed by atoms with van der Waals surface area (Å²) in [6, 6.07) is 9.16. The van der Waals surface area contributed by atoms with Crippen molar-refractivity contribution in [2.24, 2.45) is 0 Å². The summed E-state index contributed by atoms with van der Waals surface area (Å²) in [6.45, 7) is 4.25. The number of carbonyl (C=O) groups is 1. The summed E-state index contributed by atoms with van der Waals surface area (Å²) in [6.07, 6.45) is -2.56. The molecule has 256 valence electrons. The molecule has 0 bridgehead atoms. The molecule has 2 aromatic carbocycles. The van der Waals surface area contributed by atoms with E-state index in [0.29, 0.717) is 36.3 Å². The molecular weight excluding hydrogens is 695 g/mol. The number of fused-ring (bicyclic) bond motifs is 1. The van der Waals surface area contributed by atoms with Crippen LogP contribution in [0.2, 0.25) is 5.28 Å². The van der Waals surface area contributed by atoms with Crippen molar-refractivity contribution in [3.05, 3.63) is 65.1 Å². The first-order valence-electron chi connectivity index (χ1n) is 13.9. The van der Waals surface area contributed by atoms with Crippen molar-refractivity contribution in [2.75, 3.05) is 31.1 Å². The van der Waals surface area contributed by atoms with E-state index in [0.717, 1.165) is 9.83 Å². The minimum absolute atomic E-state index is 0.0254. The van der Waals surface area contributed by atoms with Crippen molar-refractivity contribution in [1.29, 1.82) is 0 Å². The molecule has 47 heavy (non-hydrogen) atoms. The van der Waals surface area contributed by atoms with Crippen LogP contribution in [0.5, 0.6) is 11.5 Å². The van der Waals surface area contributed by atoms with Gasteiger partial charge in [0.15, 0.2) is 10.8 Å². The van der Waals surface area contributed by atoms with Crippen molar-refractivity contribution < 1.29 is 44.6 Å². The van der Waals surface area contributed by atoms with Crippen molar-refractivity contribution in [3.8, 4) is 11.5 Å². The number of thiazole rings is 1. The molecule has 3 heterocycles. The zero-order valence-corrected chi connectivity index (χ0v) is 27.6. The molecule has 1 fully saturated rings. The highest BCUT2D eigenvalue weighted by atomic mass is 35.5. The number of piperazine rings is 1. The van der Waals surface area contributed by atoms with Gasteiger partial charge in [0.05, 0.1) is 15.8 Å². The lowest BCUT2D eigenvalue weighted by molar-refractivity contribution is -0.274. The summed E-state index contributed by atoms with van der Waals surface area (Å²) in [4.78, 5) is 24.5. The molecule has 0 atom stereocenters. The molecule has 0 aliphatic carbocycles. The number of benzene rings is 2. The Morgan fingerprint density at radius 3 is 2.30 bits per heavy atom. The molecule has 11 nitrogen and oxygen atoms in total. The minimum Gasteiger partial charge on any atom is -0.435 e. The van der Waals surface area contributed by atoms with E-state index < -0.39 is 23.0 Å².